The molecule has 1 aliphatic rings. The third-order valence-corrected chi connectivity index (χ3v) is 7.50. The first-order valence-electron chi connectivity index (χ1n) is 11.6. The van der Waals surface area contributed by atoms with Crippen LogP contribution in [-0.2, 0) is 4.74 Å². The third kappa shape index (κ3) is 5.44. The van der Waals surface area contributed by atoms with E-state index in [1.54, 1.807) is 6.92 Å². The van der Waals surface area contributed by atoms with Crippen LogP contribution < -0.4 is 10.2 Å². The van der Waals surface area contributed by atoms with E-state index in [1.165, 1.54) is 18.3 Å². The van der Waals surface area contributed by atoms with Crippen LogP contribution >= 0.6 is 22.9 Å². The van der Waals surface area contributed by atoms with E-state index in [2.05, 4.69) is 20.3 Å². The molecule has 4 rings (SSSR count). The summed E-state index contributed by atoms with van der Waals surface area (Å²) in [6.45, 7) is 4.84. The van der Waals surface area contributed by atoms with Crippen LogP contribution in [0.1, 0.15) is 51.2 Å². The number of carboxylic acid groups (broad SMARTS) is 1. The lowest BCUT2D eigenvalue weighted by Crippen LogP contribution is -2.55. The van der Waals surface area contributed by atoms with Crippen LogP contribution in [0.5, 0.6) is 0 Å². The Balaban J connectivity index is 1.57. The fourth-order valence-corrected chi connectivity index (χ4v) is 5.25. The quantitative estimate of drug-likeness (QED) is 0.384. The lowest BCUT2D eigenvalue weighted by atomic mass is 10.0. The molecule has 4 heterocycles. The first-order chi connectivity index (χ1) is 17.7. The molecule has 0 aliphatic carbocycles. The van der Waals surface area contributed by atoms with Crippen LogP contribution in [0.3, 0.4) is 0 Å². The van der Waals surface area contributed by atoms with Crippen molar-refractivity contribution in [1.82, 2.24) is 20.3 Å². The fraction of sp³-hybridized carbons (Fsp3) is 0.375. The Hall–Kier alpha value is -3.53. The van der Waals surface area contributed by atoms with Gasteiger partial charge in [-0.2, -0.15) is 5.26 Å². The molecular formula is C24H24ClFN6O4S. The third-order valence-electron chi connectivity index (χ3n) is 5.93. The van der Waals surface area contributed by atoms with Gasteiger partial charge in [0.25, 0.3) is 5.91 Å². The largest absolute Gasteiger partial charge is 0.477 e. The number of piperidine rings is 1. The smallest absolute Gasteiger partial charge is 0.348 e. The zero-order chi connectivity index (χ0) is 26.7. The van der Waals surface area contributed by atoms with Crippen LogP contribution in [-0.4, -0.2) is 63.8 Å². The molecule has 2 atom stereocenters. The first-order valence-corrected chi connectivity index (χ1v) is 12.7. The Morgan fingerprint density at radius 1 is 1.46 bits per heavy atom. The average molecular weight is 547 g/mol. The van der Waals surface area contributed by atoms with E-state index in [9.17, 15) is 24.3 Å². The number of carbonyl (C=O) groups is 2. The predicted molar refractivity (Wildman–Crippen MR) is 136 cm³/mol. The zero-order valence-corrected chi connectivity index (χ0v) is 21.6. The zero-order valence-electron chi connectivity index (χ0n) is 20.0. The van der Waals surface area contributed by atoms with Crippen molar-refractivity contribution < 1.29 is 23.8 Å². The highest BCUT2D eigenvalue weighted by Crippen LogP contribution is 2.35. The highest BCUT2D eigenvalue weighted by Gasteiger charge is 2.35. The molecule has 1 saturated heterocycles. The van der Waals surface area contributed by atoms with Gasteiger partial charge >= 0.3 is 5.97 Å². The topological polar surface area (TPSA) is 144 Å². The number of hydrogen-bond donors (Lipinski definition) is 3. The van der Waals surface area contributed by atoms with Crippen molar-refractivity contribution in [2.75, 3.05) is 24.6 Å². The maximum atomic E-state index is 14.4. The molecule has 0 unspecified atom stereocenters. The van der Waals surface area contributed by atoms with Gasteiger partial charge in [0.05, 0.1) is 17.2 Å². The van der Waals surface area contributed by atoms with Crippen LogP contribution in [0, 0.1) is 24.1 Å². The molecule has 1 fully saturated rings. The normalized spacial score (nSPS) is 17.4. The second-order valence-electron chi connectivity index (χ2n) is 8.46. The second kappa shape index (κ2) is 11.2. The lowest BCUT2D eigenvalue weighted by molar-refractivity contribution is 0.0205. The number of amides is 1. The number of carboxylic acids is 1. The summed E-state index contributed by atoms with van der Waals surface area (Å²) >= 11 is 7.07. The molecule has 10 nitrogen and oxygen atoms in total. The standard InChI is InChI=1S/C24H24ClFN6O4S/c1-3-9-36-16-11-32(8-6-15(16)30-22(33)18-13(10-27)17(25)12(2)29-18)24-31-20(21(37-24)23(34)35)19-14(26)5-4-7-28-19/h4-5,7,15-16,29H,3,6,8-9,11H2,1-2H3,(H,30,33)(H,34,35)/t15-,16+/m1/s1. The molecule has 0 bridgehead atoms. The lowest BCUT2D eigenvalue weighted by Gasteiger charge is -2.38. The number of nitrogens with zero attached hydrogens (tertiary/aromatic N) is 4. The van der Waals surface area contributed by atoms with E-state index >= 15 is 0 Å². The van der Waals surface area contributed by atoms with Gasteiger partial charge in [0.15, 0.2) is 10.9 Å². The molecule has 37 heavy (non-hydrogen) atoms. The van der Waals surface area contributed by atoms with E-state index in [0.29, 0.717) is 36.9 Å². The summed E-state index contributed by atoms with van der Waals surface area (Å²) in [5, 5.41) is 22.7. The van der Waals surface area contributed by atoms with Crippen molar-refractivity contribution >= 4 is 39.9 Å². The van der Waals surface area contributed by atoms with E-state index in [-0.39, 0.29) is 38.6 Å². The Morgan fingerprint density at radius 2 is 2.24 bits per heavy atom. The van der Waals surface area contributed by atoms with E-state index < -0.39 is 23.8 Å². The van der Waals surface area contributed by atoms with Gasteiger partial charge in [0.1, 0.15) is 33.6 Å². The number of ether oxygens (including phenoxy) is 1. The Kier molecular flexibility index (Phi) is 8.06. The van der Waals surface area contributed by atoms with Crippen molar-refractivity contribution in [1.29, 1.82) is 5.26 Å². The Morgan fingerprint density at radius 3 is 2.92 bits per heavy atom. The number of hydrogen-bond acceptors (Lipinski definition) is 8. The van der Waals surface area contributed by atoms with Crippen LogP contribution in [0.25, 0.3) is 11.4 Å². The maximum absolute atomic E-state index is 14.4. The summed E-state index contributed by atoms with van der Waals surface area (Å²) in [6.07, 6.45) is 2.15. The van der Waals surface area contributed by atoms with Gasteiger partial charge in [-0.1, -0.05) is 29.9 Å². The molecule has 13 heteroatoms. The average Bonchev–Trinajstić information content (AvgIpc) is 3.45. The molecule has 3 N–H and O–H groups in total. The predicted octanol–water partition coefficient (Wildman–Crippen LogP) is 4.01. The van der Waals surface area contributed by atoms with Crippen molar-refractivity contribution in [3.8, 4) is 17.5 Å². The number of nitriles is 1. The molecule has 1 amide bonds. The summed E-state index contributed by atoms with van der Waals surface area (Å²) in [5.74, 6) is -2.35. The minimum Gasteiger partial charge on any atom is -0.477 e. The van der Waals surface area contributed by atoms with Crippen molar-refractivity contribution in [3.05, 3.63) is 51.0 Å². The van der Waals surface area contributed by atoms with Gasteiger partial charge in [-0.15, -0.1) is 0 Å². The SMILES string of the molecule is CCCO[C@H]1CN(c2nc(-c3ncccc3F)c(C(=O)O)s2)CC[C@H]1NC(=O)c1[nH]c(C)c(Cl)c1C#N. The molecule has 0 aromatic carbocycles. The summed E-state index contributed by atoms with van der Waals surface area (Å²) in [5.41, 5.74) is 0.537. The number of nitrogens with one attached hydrogen (secondary N) is 2. The van der Waals surface area contributed by atoms with Gasteiger partial charge in [0, 0.05) is 31.6 Å². The molecular weight excluding hydrogens is 523 g/mol. The number of pyridine rings is 1. The number of halogens is 2. The second-order valence-corrected chi connectivity index (χ2v) is 9.82. The molecule has 3 aromatic rings. The number of carbonyl (C=O) groups excluding carboxylic acids is 1. The van der Waals surface area contributed by atoms with Gasteiger partial charge in [-0.3, -0.25) is 9.78 Å². The van der Waals surface area contributed by atoms with Crippen molar-refractivity contribution in [2.24, 2.45) is 0 Å². The molecule has 1 aliphatic heterocycles. The summed E-state index contributed by atoms with van der Waals surface area (Å²) in [6, 6.07) is 4.20. The van der Waals surface area contributed by atoms with Gasteiger partial charge in [-0.05, 0) is 31.9 Å². The molecule has 0 spiro atoms. The van der Waals surface area contributed by atoms with Crippen LogP contribution in [0.4, 0.5) is 9.52 Å². The summed E-state index contributed by atoms with van der Waals surface area (Å²) in [4.78, 5) is 37.9. The fourth-order valence-electron chi connectivity index (χ4n) is 4.12. The number of anilines is 1. The summed E-state index contributed by atoms with van der Waals surface area (Å²) in [7, 11) is 0. The minimum atomic E-state index is -1.22. The van der Waals surface area contributed by atoms with Crippen LogP contribution in [0.15, 0.2) is 18.3 Å². The first kappa shape index (κ1) is 26.5. The number of aromatic nitrogens is 3. The maximum Gasteiger partial charge on any atom is 0.348 e. The number of aromatic amines is 1. The Labute approximate surface area is 221 Å². The van der Waals surface area contributed by atoms with E-state index in [1.807, 2.05) is 17.9 Å². The van der Waals surface area contributed by atoms with Crippen LogP contribution in [0.2, 0.25) is 5.02 Å². The Bertz CT molecular complexity index is 1370. The van der Waals surface area contributed by atoms with Crippen molar-refractivity contribution in [2.45, 2.75) is 38.8 Å². The minimum absolute atomic E-state index is 0.0323. The number of H-pyrrole nitrogens is 1. The molecule has 0 saturated carbocycles. The monoisotopic (exact) mass is 546 g/mol. The van der Waals surface area contributed by atoms with Gasteiger partial charge < -0.3 is 25.0 Å². The number of rotatable bonds is 8. The van der Waals surface area contributed by atoms with Gasteiger partial charge in [-0.25, -0.2) is 14.2 Å². The molecule has 194 valence electrons. The number of thiazole rings is 1. The van der Waals surface area contributed by atoms with Crippen molar-refractivity contribution in [3.63, 3.8) is 0 Å². The van der Waals surface area contributed by atoms with E-state index in [4.69, 9.17) is 16.3 Å². The highest BCUT2D eigenvalue weighted by atomic mass is 35.5. The highest BCUT2D eigenvalue weighted by molar-refractivity contribution is 7.17. The number of aromatic carboxylic acids is 1. The number of aryl methyl sites for hydroxylation is 1. The molecule has 3 aromatic heterocycles. The summed E-state index contributed by atoms with van der Waals surface area (Å²) < 4.78 is 20.4. The molecule has 0 radical (unpaired) electrons. The van der Waals surface area contributed by atoms with E-state index in [0.717, 1.165) is 17.8 Å². The van der Waals surface area contributed by atoms with Gasteiger partial charge in [0.2, 0.25) is 0 Å².